The molecule has 1 rings (SSSR count). The molecule has 0 saturated heterocycles. The Bertz CT molecular complexity index is 792. The number of aliphatic carboxylic acids is 3. The SMILES string of the molecule is COc1ccc(CCCC(=O)NC(CC(=O)NC(CCC(=O)O)C(=O)O)C(=O)O)cc1. The molecule has 11 heteroatoms. The molecule has 1 aromatic rings. The molecule has 0 aliphatic heterocycles. The maximum absolute atomic E-state index is 12.1. The first kappa shape index (κ1) is 25.4. The van der Waals surface area contributed by atoms with Crippen LogP contribution in [0.15, 0.2) is 24.3 Å². The van der Waals surface area contributed by atoms with E-state index in [0.717, 1.165) is 5.56 Å². The fourth-order valence-electron chi connectivity index (χ4n) is 2.68. The van der Waals surface area contributed by atoms with Gasteiger partial charge >= 0.3 is 17.9 Å². The van der Waals surface area contributed by atoms with Crippen LogP contribution in [0.2, 0.25) is 0 Å². The number of carboxylic acids is 3. The van der Waals surface area contributed by atoms with E-state index in [9.17, 15) is 29.1 Å². The van der Waals surface area contributed by atoms with Crippen molar-refractivity contribution in [2.45, 2.75) is 50.6 Å². The van der Waals surface area contributed by atoms with Gasteiger partial charge in [0.05, 0.1) is 13.5 Å². The molecular formula is C20H26N2O9. The minimum atomic E-state index is -1.54. The van der Waals surface area contributed by atoms with E-state index < -0.39 is 54.6 Å². The van der Waals surface area contributed by atoms with E-state index in [0.29, 0.717) is 18.6 Å². The highest BCUT2D eigenvalue weighted by atomic mass is 16.5. The van der Waals surface area contributed by atoms with Crippen molar-refractivity contribution in [1.29, 1.82) is 0 Å². The van der Waals surface area contributed by atoms with Gasteiger partial charge in [-0.2, -0.15) is 0 Å². The summed E-state index contributed by atoms with van der Waals surface area (Å²) in [6.45, 7) is 0. The number of methoxy groups -OCH3 is 1. The first-order valence-corrected chi connectivity index (χ1v) is 9.51. The van der Waals surface area contributed by atoms with Crippen LogP contribution < -0.4 is 15.4 Å². The number of aryl methyl sites for hydroxylation is 1. The molecule has 11 nitrogen and oxygen atoms in total. The molecule has 0 fully saturated rings. The summed E-state index contributed by atoms with van der Waals surface area (Å²) < 4.78 is 5.06. The summed E-state index contributed by atoms with van der Waals surface area (Å²) in [6.07, 6.45) is -0.451. The van der Waals surface area contributed by atoms with Gasteiger partial charge in [-0.05, 0) is 37.0 Å². The van der Waals surface area contributed by atoms with Crippen LogP contribution in [0.4, 0.5) is 0 Å². The molecule has 2 amide bonds. The van der Waals surface area contributed by atoms with Crippen LogP contribution in [-0.4, -0.2) is 64.2 Å². The molecule has 170 valence electrons. The number of rotatable bonds is 14. The Balaban J connectivity index is 2.51. The molecule has 0 spiro atoms. The molecule has 0 heterocycles. The maximum atomic E-state index is 12.1. The van der Waals surface area contributed by atoms with Gasteiger partial charge in [-0.1, -0.05) is 12.1 Å². The van der Waals surface area contributed by atoms with Crippen LogP contribution in [0.1, 0.15) is 37.7 Å². The number of carboxylic acid groups (broad SMARTS) is 3. The molecule has 0 bridgehead atoms. The molecular weight excluding hydrogens is 412 g/mol. The average Bonchev–Trinajstić information content (AvgIpc) is 2.70. The number of benzene rings is 1. The fourth-order valence-corrected chi connectivity index (χ4v) is 2.68. The minimum absolute atomic E-state index is 0.0355. The van der Waals surface area contributed by atoms with Crippen molar-refractivity contribution in [1.82, 2.24) is 10.6 Å². The van der Waals surface area contributed by atoms with Crippen LogP contribution in [0.25, 0.3) is 0 Å². The molecule has 0 radical (unpaired) electrons. The van der Waals surface area contributed by atoms with Gasteiger partial charge in [0.1, 0.15) is 17.8 Å². The Kier molecular flexibility index (Phi) is 10.5. The Labute approximate surface area is 178 Å². The van der Waals surface area contributed by atoms with E-state index in [1.54, 1.807) is 19.2 Å². The zero-order valence-electron chi connectivity index (χ0n) is 17.0. The Hall–Kier alpha value is -3.63. The maximum Gasteiger partial charge on any atom is 0.326 e. The summed E-state index contributed by atoms with van der Waals surface area (Å²) in [5.74, 6) is -4.90. The highest BCUT2D eigenvalue weighted by Gasteiger charge is 2.26. The highest BCUT2D eigenvalue weighted by Crippen LogP contribution is 2.13. The van der Waals surface area contributed by atoms with Crippen LogP contribution in [0, 0.1) is 0 Å². The molecule has 2 atom stereocenters. The van der Waals surface area contributed by atoms with Crippen molar-refractivity contribution in [2.24, 2.45) is 0 Å². The first-order valence-electron chi connectivity index (χ1n) is 9.51. The summed E-state index contributed by atoms with van der Waals surface area (Å²) in [5.41, 5.74) is 0.976. The molecule has 0 aliphatic rings. The number of hydrogen-bond acceptors (Lipinski definition) is 6. The quantitative estimate of drug-likeness (QED) is 0.275. The average molecular weight is 438 g/mol. The van der Waals surface area contributed by atoms with Crippen molar-refractivity contribution >= 4 is 29.7 Å². The third-order valence-corrected chi connectivity index (χ3v) is 4.33. The van der Waals surface area contributed by atoms with Gasteiger partial charge < -0.3 is 30.7 Å². The molecule has 0 aromatic heterocycles. The van der Waals surface area contributed by atoms with Crippen molar-refractivity contribution in [2.75, 3.05) is 7.11 Å². The fraction of sp³-hybridized carbons (Fsp3) is 0.450. The molecule has 2 unspecified atom stereocenters. The van der Waals surface area contributed by atoms with E-state index in [-0.39, 0.29) is 12.8 Å². The van der Waals surface area contributed by atoms with Crippen LogP contribution in [0.3, 0.4) is 0 Å². The first-order chi connectivity index (χ1) is 14.6. The third-order valence-electron chi connectivity index (χ3n) is 4.33. The molecule has 5 N–H and O–H groups in total. The summed E-state index contributed by atoms with van der Waals surface area (Å²) >= 11 is 0. The molecule has 0 aliphatic carbocycles. The lowest BCUT2D eigenvalue weighted by atomic mass is 10.1. The van der Waals surface area contributed by atoms with Crippen LogP contribution >= 0.6 is 0 Å². The van der Waals surface area contributed by atoms with Crippen molar-refractivity contribution in [3.63, 3.8) is 0 Å². The monoisotopic (exact) mass is 438 g/mol. The molecule has 0 saturated carbocycles. The third kappa shape index (κ3) is 10.1. The zero-order valence-corrected chi connectivity index (χ0v) is 17.0. The van der Waals surface area contributed by atoms with Gasteiger partial charge in [0, 0.05) is 12.8 Å². The number of carbonyl (C=O) groups is 5. The second-order valence-electron chi connectivity index (χ2n) is 6.75. The predicted octanol–water partition coefficient (Wildman–Crippen LogP) is 0.412. The van der Waals surface area contributed by atoms with E-state index >= 15 is 0 Å². The minimum Gasteiger partial charge on any atom is -0.497 e. The second kappa shape index (κ2) is 12.8. The lowest BCUT2D eigenvalue weighted by molar-refractivity contribution is -0.145. The number of nitrogens with one attached hydrogen (secondary N) is 2. The van der Waals surface area contributed by atoms with Crippen LogP contribution in [-0.2, 0) is 30.4 Å². The number of amides is 2. The molecule has 31 heavy (non-hydrogen) atoms. The van der Waals surface area contributed by atoms with Crippen molar-refractivity contribution < 1.29 is 44.0 Å². The van der Waals surface area contributed by atoms with Crippen LogP contribution in [0.5, 0.6) is 5.75 Å². The summed E-state index contributed by atoms with van der Waals surface area (Å²) in [6, 6.07) is 4.26. The Morgan fingerprint density at radius 2 is 1.45 bits per heavy atom. The highest BCUT2D eigenvalue weighted by molar-refractivity contribution is 5.90. The topological polar surface area (TPSA) is 179 Å². The van der Waals surface area contributed by atoms with Gasteiger partial charge in [0.2, 0.25) is 11.8 Å². The number of carbonyl (C=O) groups excluding carboxylic acids is 2. The van der Waals surface area contributed by atoms with E-state index in [1.807, 2.05) is 12.1 Å². The summed E-state index contributed by atoms with van der Waals surface area (Å²) in [4.78, 5) is 57.1. The summed E-state index contributed by atoms with van der Waals surface area (Å²) in [5, 5.41) is 31.2. The lowest BCUT2D eigenvalue weighted by Crippen LogP contribution is -2.47. The van der Waals surface area contributed by atoms with E-state index in [4.69, 9.17) is 14.9 Å². The number of hydrogen-bond donors (Lipinski definition) is 5. The summed E-state index contributed by atoms with van der Waals surface area (Å²) in [7, 11) is 1.55. The zero-order chi connectivity index (χ0) is 23.4. The number of ether oxygens (including phenoxy) is 1. The van der Waals surface area contributed by atoms with Gasteiger partial charge in [0.15, 0.2) is 0 Å². The lowest BCUT2D eigenvalue weighted by Gasteiger charge is -2.17. The largest absolute Gasteiger partial charge is 0.497 e. The van der Waals surface area contributed by atoms with Gasteiger partial charge in [-0.25, -0.2) is 9.59 Å². The predicted molar refractivity (Wildman–Crippen MR) is 107 cm³/mol. The van der Waals surface area contributed by atoms with Crippen molar-refractivity contribution in [3.05, 3.63) is 29.8 Å². The van der Waals surface area contributed by atoms with Crippen molar-refractivity contribution in [3.8, 4) is 5.75 Å². The Morgan fingerprint density at radius 3 is 1.97 bits per heavy atom. The van der Waals surface area contributed by atoms with Gasteiger partial charge in [-0.15, -0.1) is 0 Å². The second-order valence-corrected chi connectivity index (χ2v) is 6.75. The van der Waals surface area contributed by atoms with Gasteiger partial charge in [-0.3, -0.25) is 14.4 Å². The Morgan fingerprint density at radius 1 is 0.871 bits per heavy atom. The van der Waals surface area contributed by atoms with E-state index in [2.05, 4.69) is 10.6 Å². The smallest absolute Gasteiger partial charge is 0.326 e. The van der Waals surface area contributed by atoms with Gasteiger partial charge in [0.25, 0.3) is 0 Å². The van der Waals surface area contributed by atoms with E-state index in [1.165, 1.54) is 0 Å². The normalized spacial score (nSPS) is 12.3. The molecule has 1 aromatic carbocycles. The standard InChI is InChI=1S/C20H26N2O9/c1-31-13-7-5-12(6-8-13)3-2-4-16(23)22-15(20(29)30)11-17(24)21-14(19(27)28)9-10-18(25)26/h5-8,14-15H,2-4,9-11H2,1H3,(H,21,24)(H,22,23)(H,25,26)(H,27,28)(H,29,30).